The van der Waals surface area contributed by atoms with Crippen LogP contribution in [0.1, 0.15) is 36.2 Å². The van der Waals surface area contributed by atoms with Gasteiger partial charge in [-0.15, -0.1) is 0 Å². The second-order valence-corrected chi connectivity index (χ2v) is 3.81. The number of Topliss-reactive ketones (excluding diaryl/α,β-unsaturated/α-hetero) is 1. The zero-order chi connectivity index (χ0) is 10.6. The van der Waals surface area contributed by atoms with Gasteiger partial charge >= 0.3 is 0 Å². The molecule has 0 heterocycles. The number of hydrogen-bond acceptors (Lipinski definition) is 1. The Morgan fingerprint density at radius 1 is 1.43 bits per heavy atom. The van der Waals surface area contributed by atoms with Gasteiger partial charge in [0.05, 0.1) is 0 Å². The van der Waals surface area contributed by atoms with Crippen LogP contribution in [0, 0.1) is 5.92 Å². The molecule has 1 nitrogen and oxygen atoms in total. The van der Waals surface area contributed by atoms with Gasteiger partial charge < -0.3 is 0 Å². The lowest BCUT2D eigenvalue weighted by molar-refractivity contribution is 0.0967. The van der Waals surface area contributed by atoms with Crippen molar-refractivity contribution in [1.29, 1.82) is 0 Å². The molecule has 1 heteroatoms. The number of carbonyl (C=O) groups is 1. The van der Waals surface area contributed by atoms with E-state index in [1.54, 1.807) is 6.08 Å². The Morgan fingerprint density at radius 2 is 2.07 bits per heavy atom. The van der Waals surface area contributed by atoms with Gasteiger partial charge in [-0.1, -0.05) is 50.8 Å². The Balaban J connectivity index is 2.94. The molecule has 0 saturated carbocycles. The summed E-state index contributed by atoms with van der Waals surface area (Å²) in [5.41, 5.74) is 1.72. The maximum absolute atomic E-state index is 11.8. The molecule has 0 unspecified atom stereocenters. The van der Waals surface area contributed by atoms with Crippen molar-refractivity contribution in [2.45, 2.75) is 20.3 Å². The van der Waals surface area contributed by atoms with Crippen LogP contribution < -0.4 is 0 Å². The fourth-order valence-corrected chi connectivity index (χ4v) is 1.41. The monoisotopic (exact) mass is 188 g/mol. The zero-order valence-electron chi connectivity index (χ0n) is 8.79. The Bertz CT molecular complexity index is 337. The molecule has 1 rings (SSSR count). The van der Waals surface area contributed by atoms with Crippen LogP contribution in [-0.4, -0.2) is 5.78 Å². The first-order valence-corrected chi connectivity index (χ1v) is 4.89. The first kappa shape index (κ1) is 10.7. The minimum absolute atomic E-state index is 0.204. The summed E-state index contributed by atoms with van der Waals surface area (Å²) in [6.07, 6.45) is 2.33. The standard InChI is InChI=1S/C13H16O/c1-4-11-7-5-6-8-12(11)13(14)9-10(2)3/h4-8,10H,1,9H2,2-3H3. The summed E-state index contributed by atoms with van der Waals surface area (Å²) in [5, 5.41) is 0. The third kappa shape index (κ3) is 2.56. The van der Waals surface area contributed by atoms with Crippen molar-refractivity contribution in [3.63, 3.8) is 0 Å². The van der Waals surface area contributed by atoms with Gasteiger partial charge in [-0.2, -0.15) is 0 Å². The molecule has 0 aromatic heterocycles. The van der Waals surface area contributed by atoms with E-state index in [2.05, 4.69) is 20.4 Å². The van der Waals surface area contributed by atoms with Crippen LogP contribution in [0.25, 0.3) is 6.08 Å². The van der Waals surface area contributed by atoms with Crippen LogP contribution in [0.4, 0.5) is 0 Å². The third-order valence-electron chi connectivity index (χ3n) is 2.07. The molecule has 0 bridgehead atoms. The second-order valence-electron chi connectivity index (χ2n) is 3.81. The summed E-state index contributed by atoms with van der Waals surface area (Å²) in [7, 11) is 0. The van der Waals surface area contributed by atoms with Crippen molar-refractivity contribution in [3.8, 4) is 0 Å². The van der Waals surface area contributed by atoms with Gasteiger partial charge in [0.2, 0.25) is 0 Å². The van der Waals surface area contributed by atoms with Crippen molar-refractivity contribution in [3.05, 3.63) is 42.0 Å². The largest absolute Gasteiger partial charge is 0.294 e. The number of benzene rings is 1. The van der Waals surface area contributed by atoms with Crippen molar-refractivity contribution in [2.75, 3.05) is 0 Å². The quantitative estimate of drug-likeness (QED) is 0.660. The van der Waals surface area contributed by atoms with E-state index in [-0.39, 0.29) is 5.78 Å². The van der Waals surface area contributed by atoms with E-state index in [1.807, 2.05) is 24.3 Å². The maximum Gasteiger partial charge on any atom is 0.163 e. The molecule has 0 N–H and O–H groups in total. The number of ketones is 1. The highest BCUT2D eigenvalue weighted by molar-refractivity contribution is 5.99. The molecule has 0 fully saturated rings. The lowest BCUT2D eigenvalue weighted by Crippen LogP contribution is -2.05. The molecule has 0 spiro atoms. The van der Waals surface area contributed by atoms with Gasteiger partial charge in [-0.3, -0.25) is 4.79 Å². The van der Waals surface area contributed by atoms with Gasteiger partial charge in [0.15, 0.2) is 5.78 Å². The molecule has 14 heavy (non-hydrogen) atoms. The summed E-state index contributed by atoms with van der Waals surface area (Å²) in [6.45, 7) is 7.80. The van der Waals surface area contributed by atoms with Gasteiger partial charge in [-0.25, -0.2) is 0 Å². The molecular formula is C13H16O. The molecule has 0 radical (unpaired) electrons. The lowest BCUT2D eigenvalue weighted by atomic mass is 9.97. The minimum atomic E-state index is 0.204. The Kier molecular flexibility index (Phi) is 3.63. The summed E-state index contributed by atoms with van der Waals surface area (Å²) >= 11 is 0. The summed E-state index contributed by atoms with van der Waals surface area (Å²) in [4.78, 5) is 11.8. The zero-order valence-corrected chi connectivity index (χ0v) is 8.79. The Hall–Kier alpha value is -1.37. The van der Waals surface area contributed by atoms with Crippen LogP contribution in [0.5, 0.6) is 0 Å². The van der Waals surface area contributed by atoms with E-state index in [0.29, 0.717) is 12.3 Å². The van der Waals surface area contributed by atoms with Crippen LogP contribution in [-0.2, 0) is 0 Å². The van der Waals surface area contributed by atoms with E-state index >= 15 is 0 Å². The topological polar surface area (TPSA) is 17.1 Å². The number of hydrogen-bond donors (Lipinski definition) is 0. The van der Waals surface area contributed by atoms with Crippen molar-refractivity contribution < 1.29 is 4.79 Å². The average molecular weight is 188 g/mol. The molecule has 0 amide bonds. The van der Waals surface area contributed by atoms with Gasteiger partial charge in [0.25, 0.3) is 0 Å². The van der Waals surface area contributed by atoms with E-state index in [1.165, 1.54) is 0 Å². The van der Waals surface area contributed by atoms with E-state index < -0.39 is 0 Å². The van der Waals surface area contributed by atoms with Gasteiger partial charge in [0.1, 0.15) is 0 Å². The fourth-order valence-electron chi connectivity index (χ4n) is 1.41. The van der Waals surface area contributed by atoms with Crippen molar-refractivity contribution in [1.82, 2.24) is 0 Å². The van der Waals surface area contributed by atoms with E-state index in [0.717, 1.165) is 11.1 Å². The van der Waals surface area contributed by atoms with Crippen LogP contribution in [0.2, 0.25) is 0 Å². The SMILES string of the molecule is C=Cc1ccccc1C(=O)CC(C)C. The lowest BCUT2D eigenvalue weighted by Gasteiger charge is -2.06. The minimum Gasteiger partial charge on any atom is -0.294 e. The van der Waals surface area contributed by atoms with Crippen molar-refractivity contribution >= 4 is 11.9 Å². The van der Waals surface area contributed by atoms with Crippen LogP contribution >= 0.6 is 0 Å². The molecule has 0 aliphatic rings. The molecule has 1 aromatic carbocycles. The second kappa shape index (κ2) is 4.75. The highest BCUT2D eigenvalue weighted by atomic mass is 16.1. The smallest absolute Gasteiger partial charge is 0.163 e. The average Bonchev–Trinajstić information content (AvgIpc) is 2.16. The highest BCUT2D eigenvalue weighted by Crippen LogP contribution is 2.14. The van der Waals surface area contributed by atoms with E-state index in [9.17, 15) is 4.79 Å². The number of rotatable bonds is 4. The normalized spacial score (nSPS) is 10.2. The molecule has 0 aliphatic carbocycles. The summed E-state index contributed by atoms with van der Waals surface area (Å²) in [5.74, 6) is 0.607. The first-order chi connectivity index (χ1) is 6.65. The molecule has 0 saturated heterocycles. The summed E-state index contributed by atoms with van der Waals surface area (Å²) in [6, 6.07) is 7.59. The molecule has 0 atom stereocenters. The fraction of sp³-hybridized carbons (Fsp3) is 0.308. The molecular weight excluding hydrogens is 172 g/mol. The predicted molar refractivity (Wildman–Crippen MR) is 60.3 cm³/mol. The van der Waals surface area contributed by atoms with Crippen molar-refractivity contribution in [2.24, 2.45) is 5.92 Å². The Morgan fingerprint density at radius 3 is 2.64 bits per heavy atom. The number of carbonyl (C=O) groups excluding carboxylic acids is 1. The molecule has 0 aliphatic heterocycles. The van der Waals surface area contributed by atoms with Crippen LogP contribution in [0.15, 0.2) is 30.8 Å². The summed E-state index contributed by atoms with van der Waals surface area (Å²) < 4.78 is 0. The van der Waals surface area contributed by atoms with Crippen LogP contribution in [0.3, 0.4) is 0 Å². The first-order valence-electron chi connectivity index (χ1n) is 4.89. The van der Waals surface area contributed by atoms with E-state index in [4.69, 9.17) is 0 Å². The van der Waals surface area contributed by atoms with Gasteiger partial charge in [-0.05, 0) is 11.5 Å². The van der Waals surface area contributed by atoms with Gasteiger partial charge in [0, 0.05) is 12.0 Å². The maximum atomic E-state index is 11.8. The predicted octanol–water partition coefficient (Wildman–Crippen LogP) is 3.56. The third-order valence-corrected chi connectivity index (χ3v) is 2.07. The Labute approximate surface area is 85.5 Å². The highest BCUT2D eigenvalue weighted by Gasteiger charge is 2.10. The molecule has 1 aromatic rings. The molecule has 74 valence electrons.